The Balaban J connectivity index is 2.04. The summed E-state index contributed by atoms with van der Waals surface area (Å²) >= 11 is 0. The largest absolute Gasteiger partial charge is 0.396 e. The second-order valence-electron chi connectivity index (χ2n) is 6.17. The van der Waals surface area contributed by atoms with Gasteiger partial charge in [-0.15, -0.1) is 0 Å². The van der Waals surface area contributed by atoms with Gasteiger partial charge in [0.15, 0.2) is 5.79 Å². The van der Waals surface area contributed by atoms with E-state index in [-0.39, 0.29) is 12.0 Å². The maximum Gasteiger partial charge on any atom is 0.177 e. The van der Waals surface area contributed by atoms with E-state index in [9.17, 15) is 10.2 Å². The third kappa shape index (κ3) is 1.88. The molecule has 19 heavy (non-hydrogen) atoms. The van der Waals surface area contributed by atoms with Crippen molar-refractivity contribution in [1.29, 1.82) is 0 Å². The Morgan fingerprint density at radius 2 is 2.00 bits per heavy atom. The van der Waals surface area contributed by atoms with Crippen molar-refractivity contribution < 1.29 is 19.7 Å². The lowest BCUT2D eigenvalue weighted by Gasteiger charge is -2.53. The van der Waals surface area contributed by atoms with Gasteiger partial charge in [0.1, 0.15) is 0 Å². The van der Waals surface area contributed by atoms with Gasteiger partial charge in [-0.25, -0.2) is 0 Å². The maximum atomic E-state index is 10.2. The van der Waals surface area contributed by atoms with Crippen LogP contribution in [-0.4, -0.2) is 41.9 Å². The minimum atomic E-state index is -0.485. The SMILES string of the molecule is C[C@]12CCC(O)C(CCO)=C1CCCC21OCCO1. The molecule has 4 heteroatoms. The van der Waals surface area contributed by atoms with Crippen LogP contribution in [-0.2, 0) is 9.47 Å². The number of hydrogen-bond donors (Lipinski definition) is 2. The maximum absolute atomic E-state index is 10.2. The minimum Gasteiger partial charge on any atom is -0.396 e. The molecule has 2 N–H and O–H groups in total. The van der Waals surface area contributed by atoms with Crippen LogP contribution in [0.15, 0.2) is 11.1 Å². The van der Waals surface area contributed by atoms with E-state index in [1.165, 1.54) is 5.57 Å². The quantitative estimate of drug-likeness (QED) is 0.749. The molecule has 0 aromatic heterocycles. The van der Waals surface area contributed by atoms with Crippen molar-refractivity contribution >= 4 is 0 Å². The molecular formula is C15H24O4. The molecule has 0 radical (unpaired) electrons. The molecule has 2 aliphatic carbocycles. The first kappa shape index (κ1) is 13.6. The summed E-state index contributed by atoms with van der Waals surface area (Å²) < 4.78 is 12.0. The first-order valence-electron chi connectivity index (χ1n) is 7.42. The fourth-order valence-electron chi connectivity index (χ4n) is 4.29. The minimum absolute atomic E-state index is 0.0979. The highest BCUT2D eigenvalue weighted by atomic mass is 16.7. The van der Waals surface area contributed by atoms with Gasteiger partial charge < -0.3 is 19.7 Å². The molecule has 108 valence electrons. The normalized spacial score (nSPS) is 37.7. The average Bonchev–Trinajstić information content (AvgIpc) is 2.86. The topological polar surface area (TPSA) is 58.9 Å². The summed E-state index contributed by atoms with van der Waals surface area (Å²) in [5, 5.41) is 19.5. The Bertz CT molecular complexity index is 384. The molecule has 1 saturated carbocycles. The molecule has 1 unspecified atom stereocenters. The number of ether oxygens (including phenoxy) is 2. The Kier molecular flexibility index (Phi) is 3.46. The van der Waals surface area contributed by atoms with E-state index >= 15 is 0 Å². The Hall–Kier alpha value is -0.420. The van der Waals surface area contributed by atoms with Gasteiger partial charge in [0.2, 0.25) is 0 Å². The summed E-state index contributed by atoms with van der Waals surface area (Å²) in [7, 11) is 0. The lowest BCUT2D eigenvalue weighted by molar-refractivity contribution is -0.239. The van der Waals surface area contributed by atoms with Crippen molar-refractivity contribution in [2.45, 2.75) is 57.3 Å². The predicted octanol–water partition coefficient (Wildman–Crippen LogP) is 1.75. The molecule has 0 amide bonds. The van der Waals surface area contributed by atoms with Crippen LogP contribution in [0.25, 0.3) is 0 Å². The predicted molar refractivity (Wildman–Crippen MR) is 70.6 cm³/mol. The third-order valence-corrected chi connectivity index (χ3v) is 5.28. The molecule has 1 spiro atoms. The van der Waals surface area contributed by atoms with E-state index in [2.05, 4.69) is 6.92 Å². The summed E-state index contributed by atoms with van der Waals surface area (Å²) in [4.78, 5) is 0. The van der Waals surface area contributed by atoms with Crippen LogP contribution in [0.2, 0.25) is 0 Å². The molecule has 1 aliphatic heterocycles. The number of aliphatic hydroxyl groups is 2. The first-order chi connectivity index (χ1) is 9.13. The monoisotopic (exact) mass is 268 g/mol. The van der Waals surface area contributed by atoms with E-state index in [0.29, 0.717) is 19.6 Å². The molecule has 2 atom stereocenters. The fraction of sp³-hybridized carbons (Fsp3) is 0.867. The van der Waals surface area contributed by atoms with E-state index in [0.717, 1.165) is 37.7 Å². The van der Waals surface area contributed by atoms with Gasteiger partial charge in [0.25, 0.3) is 0 Å². The van der Waals surface area contributed by atoms with Crippen molar-refractivity contribution in [3.63, 3.8) is 0 Å². The van der Waals surface area contributed by atoms with Crippen LogP contribution in [0.3, 0.4) is 0 Å². The molecule has 0 aromatic carbocycles. The van der Waals surface area contributed by atoms with Gasteiger partial charge >= 0.3 is 0 Å². The van der Waals surface area contributed by atoms with Gasteiger partial charge in [-0.3, -0.25) is 0 Å². The number of aliphatic hydroxyl groups excluding tert-OH is 2. The van der Waals surface area contributed by atoms with E-state index in [1.807, 2.05) is 0 Å². The van der Waals surface area contributed by atoms with Crippen molar-refractivity contribution in [2.24, 2.45) is 5.41 Å². The smallest absolute Gasteiger partial charge is 0.177 e. The summed E-state index contributed by atoms with van der Waals surface area (Å²) in [5.74, 6) is -0.485. The second-order valence-corrected chi connectivity index (χ2v) is 6.17. The molecule has 3 rings (SSSR count). The molecule has 3 aliphatic rings. The van der Waals surface area contributed by atoms with Crippen LogP contribution >= 0.6 is 0 Å². The van der Waals surface area contributed by atoms with E-state index in [4.69, 9.17) is 9.47 Å². The van der Waals surface area contributed by atoms with Crippen LogP contribution in [0.5, 0.6) is 0 Å². The Morgan fingerprint density at radius 3 is 2.68 bits per heavy atom. The molecule has 2 fully saturated rings. The van der Waals surface area contributed by atoms with Gasteiger partial charge in [-0.05, 0) is 37.7 Å². The highest BCUT2D eigenvalue weighted by molar-refractivity contribution is 5.32. The molecule has 0 bridgehead atoms. The zero-order chi connectivity index (χ0) is 13.5. The van der Waals surface area contributed by atoms with Crippen LogP contribution in [0, 0.1) is 5.41 Å². The first-order valence-corrected chi connectivity index (χ1v) is 7.42. The highest BCUT2D eigenvalue weighted by Gasteiger charge is 2.58. The number of fused-ring (bicyclic) bond motifs is 2. The molecular weight excluding hydrogens is 244 g/mol. The van der Waals surface area contributed by atoms with Gasteiger partial charge in [0, 0.05) is 18.4 Å². The van der Waals surface area contributed by atoms with Crippen molar-refractivity contribution in [2.75, 3.05) is 19.8 Å². The van der Waals surface area contributed by atoms with Crippen molar-refractivity contribution in [3.05, 3.63) is 11.1 Å². The number of rotatable bonds is 2. The number of hydrogen-bond acceptors (Lipinski definition) is 4. The zero-order valence-electron chi connectivity index (χ0n) is 11.7. The molecule has 1 saturated heterocycles. The van der Waals surface area contributed by atoms with Gasteiger partial charge in [0.05, 0.1) is 19.3 Å². The van der Waals surface area contributed by atoms with Crippen LogP contribution in [0.1, 0.15) is 45.4 Å². The molecule has 4 nitrogen and oxygen atoms in total. The highest BCUT2D eigenvalue weighted by Crippen LogP contribution is 2.58. The summed E-state index contributed by atoms with van der Waals surface area (Å²) in [6, 6.07) is 0. The summed E-state index contributed by atoms with van der Waals surface area (Å²) in [6.07, 6.45) is 4.79. The summed E-state index contributed by atoms with van der Waals surface area (Å²) in [5.41, 5.74) is 2.19. The lowest BCUT2D eigenvalue weighted by atomic mass is 9.59. The zero-order valence-corrected chi connectivity index (χ0v) is 11.7. The average molecular weight is 268 g/mol. The Morgan fingerprint density at radius 1 is 1.26 bits per heavy atom. The fourth-order valence-corrected chi connectivity index (χ4v) is 4.29. The third-order valence-electron chi connectivity index (χ3n) is 5.28. The van der Waals surface area contributed by atoms with E-state index in [1.54, 1.807) is 0 Å². The second kappa shape index (κ2) is 4.85. The van der Waals surface area contributed by atoms with Gasteiger partial charge in [-0.2, -0.15) is 0 Å². The van der Waals surface area contributed by atoms with E-state index < -0.39 is 11.9 Å². The lowest BCUT2D eigenvalue weighted by Crippen LogP contribution is -2.53. The van der Waals surface area contributed by atoms with Gasteiger partial charge in [-0.1, -0.05) is 12.5 Å². The molecule has 0 aromatic rings. The van der Waals surface area contributed by atoms with Crippen LogP contribution < -0.4 is 0 Å². The van der Waals surface area contributed by atoms with Crippen molar-refractivity contribution in [1.82, 2.24) is 0 Å². The van der Waals surface area contributed by atoms with Crippen molar-refractivity contribution in [3.8, 4) is 0 Å². The standard InChI is InChI=1S/C15H24O4/c1-14-7-4-13(17)11(5-8-16)12(14)3-2-6-15(14)18-9-10-19-15/h13,16-17H,2-10H2,1H3/t13?,14-/m0/s1. The molecule has 1 heterocycles. The summed E-state index contributed by atoms with van der Waals surface area (Å²) in [6.45, 7) is 3.65. The van der Waals surface area contributed by atoms with Crippen LogP contribution in [0.4, 0.5) is 0 Å². The Labute approximate surface area is 114 Å².